The highest BCUT2D eigenvalue weighted by Crippen LogP contribution is 2.49. The molecule has 2 fully saturated rings. The van der Waals surface area contributed by atoms with E-state index in [1.165, 1.54) is 6.07 Å². The number of carbonyl (C=O) groups is 1. The second-order valence-electron chi connectivity index (χ2n) is 5.86. The first-order valence-electron chi connectivity index (χ1n) is 7.01. The van der Waals surface area contributed by atoms with Crippen LogP contribution in [0.3, 0.4) is 0 Å². The quantitative estimate of drug-likeness (QED) is 0.664. The molecule has 0 unspecified atom stereocenters. The topological polar surface area (TPSA) is 120 Å². The Bertz CT molecular complexity index is 699. The molecule has 1 aliphatic carbocycles. The van der Waals surface area contributed by atoms with Gasteiger partial charge in [-0.1, -0.05) is 6.42 Å². The minimum absolute atomic E-state index is 0.0357. The fourth-order valence-corrected chi connectivity index (χ4v) is 3.68. The highest BCUT2D eigenvalue weighted by Gasteiger charge is 2.55. The number of nitriles is 1. The second kappa shape index (κ2) is 4.94. The number of hydrogen-bond acceptors (Lipinski definition) is 6. The van der Waals surface area contributed by atoms with Crippen molar-refractivity contribution < 1.29 is 14.8 Å². The van der Waals surface area contributed by atoms with Crippen molar-refractivity contribution in [3.63, 3.8) is 0 Å². The molecule has 1 saturated carbocycles. The number of nitrogens with zero attached hydrogens (tertiary/aromatic N) is 4. The Morgan fingerprint density at radius 1 is 1.64 bits per heavy atom. The van der Waals surface area contributed by atoms with Gasteiger partial charge in [-0.2, -0.15) is 5.26 Å². The lowest BCUT2D eigenvalue weighted by Crippen LogP contribution is -2.36. The maximum absolute atomic E-state index is 11.7. The van der Waals surface area contributed by atoms with E-state index >= 15 is 0 Å². The Balaban J connectivity index is 1.95. The summed E-state index contributed by atoms with van der Waals surface area (Å²) in [5, 5.41) is 29.6. The Kier molecular flexibility index (Phi) is 3.20. The van der Waals surface area contributed by atoms with Crippen LogP contribution in [-0.4, -0.2) is 34.1 Å². The molecule has 0 amide bonds. The monoisotopic (exact) mass is 302 g/mol. The Morgan fingerprint density at radius 2 is 2.41 bits per heavy atom. The zero-order chi connectivity index (χ0) is 15.9. The molecule has 0 aromatic carbocycles. The van der Waals surface area contributed by atoms with Gasteiger partial charge in [-0.3, -0.25) is 14.9 Å². The summed E-state index contributed by atoms with van der Waals surface area (Å²) >= 11 is 0. The lowest BCUT2D eigenvalue weighted by atomic mass is 9.81. The Morgan fingerprint density at radius 3 is 3.00 bits per heavy atom. The standard InChI is InChI=1S/C14H14N4O4/c15-5-9-4-11(18(21)22)6-16-12(9)17-7-10-2-1-3-14(10,8-17)13(19)20/h4,6,10H,1-3,7-8H2,(H,19,20)/t10-,14+/m0/s1. The molecule has 22 heavy (non-hydrogen) atoms. The van der Waals surface area contributed by atoms with E-state index in [-0.39, 0.29) is 17.2 Å². The van der Waals surface area contributed by atoms with Gasteiger partial charge in [0.15, 0.2) is 0 Å². The average Bonchev–Trinajstić information content (AvgIpc) is 3.04. The first-order valence-corrected chi connectivity index (χ1v) is 7.01. The first kappa shape index (κ1) is 14.3. The number of pyridine rings is 1. The number of carboxylic acids is 1. The summed E-state index contributed by atoms with van der Waals surface area (Å²) in [6.07, 6.45) is 3.47. The maximum Gasteiger partial charge on any atom is 0.311 e. The summed E-state index contributed by atoms with van der Waals surface area (Å²) in [6, 6.07) is 3.10. The van der Waals surface area contributed by atoms with Gasteiger partial charge in [-0.05, 0) is 18.8 Å². The molecule has 0 spiro atoms. The molecule has 1 aromatic rings. The largest absolute Gasteiger partial charge is 0.481 e. The number of aliphatic carboxylic acids is 1. The molecule has 3 rings (SSSR count). The number of fused-ring (bicyclic) bond motifs is 1. The van der Waals surface area contributed by atoms with Crippen molar-refractivity contribution in [3.05, 3.63) is 27.9 Å². The average molecular weight is 302 g/mol. The van der Waals surface area contributed by atoms with Crippen LogP contribution in [0.15, 0.2) is 12.3 Å². The van der Waals surface area contributed by atoms with Crippen molar-refractivity contribution in [1.29, 1.82) is 5.26 Å². The number of hydrogen-bond donors (Lipinski definition) is 1. The van der Waals surface area contributed by atoms with Crippen LogP contribution >= 0.6 is 0 Å². The predicted octanol–water partition coefficient (Wildman–Crippen LogP) is 1.55. The molecule has 0 bridgehead atoms. The molecule has 1 aliphatic heterocycles. The first-order chi connectivity index (χ1) is 10.5. The lowest BCUT2D eigenvalue weighted by molar-refractivity contribution is -0.385. The van der Waals surface area contributed by atoms with Crippen molar-refractivity contribution in [3.8, 4) is 6.07 Å². The molecular weight excluding hydrogens is 288 g/mol. The molecule has 1 aromatic heterocycles. The zero-order valence-corrected chi connectivity index (χ0v) is 11.7. The fraction of sp³-hybridized carbons (Fsp3) is 0.500. The van der Waals surface area contributed by atoms with E-state index in [1.54, 1.807) is 4.90 Å². The van der Waals surface area contributed by atoms with Gasteiger partial charge >= 0.3 is 5.97 Å². The number of nitro groups is 1. The molecule has 2 heterocycles. The summed E-state index contributed by atoms with van der Waals surface area (Å²) in [4.78, 5) is 27.7. The zero-order valence-electron chi connectivity index (χ0n) is 11.7. The van der Waals surface area contributed by atoms with E-state index in [4.69, 9.17) is 0 Å². The van der Waals surface area contributed by atoms with Gasteiger partial charge in [0.05, 0.1) is 10.3 Å². The number of rotatable bonds is 3. The fourth-order valence-electron chi connectivity index (χ4n) is 3.68. The second-order valence-corrected chi connectivity index (χ2v) is 5.86. The molecule has 0 radical (unpaired) electrons. The van der Waals surface area contributed by atoms with E-state index in [0.717, 1.165) is 19.0 Å². The summed E-state index contributed by atoms with van der Waals surface area (Å²) in [5.41, 5.74) is -0.918. The van der Waals surface area contributed by atoms with Crippen LogP contribution < -0.4 is 4.90 Å². The van der Waals surface area contributed by atoms with Crippen molar-refractivity contribution in [2.45, 2.75) is 19.3 Å². The molecule has 1 N–H and O–H groups in total. The van der Waals surface area contributed by atoms with Crippen LogP contribution in [0.1, 0.15) is 24.8 Å². The molecule has 2 atom stereocenters. The Labute approximate surface area is 126 Å². The predicted molar refractivity (Wildman–Crippen MR) is 75.2 cm³/mol. The van der Waals surface area contributed by atoms with E-state index in [0.29, 0.717) is 25.3 Å². The summed E-state index contributed by atoms with van der Waals surface area (Å²) in [7, 11) is 0. The van der Waals surface area contributed by atoms with E-state index in [2.05, 4.69) is 4.98 Å². The lowest BCUT2D eigenvalue weighted by Gasteiger charge is -2.23. The van der Waals surface area contributed by atoms with Gasteiger partial charge in [0.25, 0.3) is 5.69 Å². The molecule has 1 saturated heterocycles. The number of carboxylic acid groups (broad SMARTS) is 1. The highest BCUT2D eigenvalue weighted by atomic mass is 16.6. The van der Waals surface area contributed by atoms with Crippen LogP contribution in [0.2, 0.25) is 0 Å². The van der Waals surface area contributed by atoms with Gasteiger partial charge in [-0.25, -0.2) is 4.98 Å². The molecule has 8 heteroatoms. The van der Waals surface area contributed by atoms with Crippen LogP contribution in [0.25, 0.3) is 0 Å². The van der Waals surface area contributed by atoms with Gasteiger partial charge in [0.2, 0.25) is 0 Å². The van der Waals surface area contributed by atoms with Gasteiger partial charge < -0.3 is 10.0 Å². The normalized spacial score (nSPS) is 26.5. The van der Waals surface area contributed by atoms with Crippen LogP contribution in [0.5, 0.6) is 0 Å². The summed E-state index contributed by atoms with van der Waals surface area (Å²) < 4.78 is 0. The van der Waals surface area contributed by atoms with Crippen molar-refractivity contribution in [2.75, 3.05) is 18.0 Å². The van der Waals surface area contributed by atoms with Gasteiger partial charge in [0.1, 0.15) is 23.6 Å². The number of anilines is 1. The SMILES string of the molecule is N#Cc1cc([N+](=O)[O-])cnc1N1C[C@@H]2CCC[C@@]2(C(=O)O)C1. The molecule has 114 valence electrons. The van der Waals surface area contributed by atoms with Crippen LogP contribution in [-0.2, 0) is 4.79 Å². The highest BCUT2D eigenvalue weighted by molar-refractivity contribution is 5.78. The third-order valence-corrected chi connectivity index (χ3v) is 4.78. The van der Waals surface area contributed by atoms with Crippen LogP contribution in [0.4, 0.5) is 11.5 Å². The molecular formula is C14H14N4O4. The van der Waals surface area contributed by atoms with Gasteiger partial charge in [0, 0.05) is 19.2 Å². The number of aromatic nitrogens is 1. The van der Waals surface area contributed by atoms with Crippen LogP contribution in [0, 0.1) is 32.8 Å². The van der Waals surface area contributed by atoms with Gasteiger partial charge in [-0.15, -0.1) is 0 Å². The maximum atomic E-state index is 11.7. The minimum atomic E-state index is -0.807. The van der Waals surface area contributed by atoms with Crippen molar-refractivity contribution >= 4 is 17.5 Å². The molecule has 2 aliphatic rings. The van der Waals surface area contributed by atoms with E-state index in [1.807, 2.05) is 6.07 Å². The van der Waals surface area contributed by atoms with E-state index < -0.39 is 16.3 Å². The Hall–Kier alpha value is -2.69. The van der Waals surface area contributed by atoms with Crippen molar-refractivity contribution in [2.24, 2.45) is 11.3 Å². The minimum Gasteiger partial charge on any atom is -0.481 e. The third-order valence-electron chi connectivity index (χ3n) is 4.78. The summed E-state index contributed by atoms with van der Waals surface area (Å²) in [6.45, 7) is 0.818. The van der Waals surface area contributed by atoms with E-state index in [9.17, 15) is 25.3 Å². The molecule has 8 nitrogen and oxygen atoms in total. The smallest absolute Gasteiger partial charge is 0.311 e. The third kappa shape index (κ3) is 1.97. The summed E-state index contributed by atoms with van der Waals surface area (Å²) in [5.74, 6) is -0.436. The van der Waals surface area contributed by atoms with Crippen molar-refractivity contribution in [1.82, 2.24) is 4.98 Å².